The van der Waals surface area contributed by atoms with Crippen molar-refractivity contribution in [2.45, 2.75) is 31.5 Å². The van der Waals surface area contributed by atoms with Crippen LogP contribution in [-0.2, 0) is 16.0 Å². The second-order valence-corrected chi connectivity index (χ2v) is 7.20. The van der Waals surface area contributed by atoms with Crippen molar-refractivity contribution in [2.24, 2.45) is 0 Å². The Bertz CT molecular complexity index is 1150. The SMILES string of the molecule is C#C[C@]1(O)Cc2c(O)c3c(c(O)c2[C@H](OC(C)=O)C1)C(=O)c1ccccc1C3=O. The Labute approximate surface area is 165 Å². The fourth-order valence-corrected chi connectivity index (χ4v) is 4.09. The summed E-state index contributed by atoms with van der Waals surface area (Å²) in [7, 11) is 0. The highest BCUT2D eigenvalue weighted by Gasteiger charge is 2.45. The number of phenolic OH excluding ortho intramolecular Hbond substituents is 2. The molecule has 2 aromatic carbocycles. The average Bonchev–Trinajstić information content (AvgIpc) is 2.68. The molecule has 0 spiro atoms. The summed E-state index contributed by atoms with van der Waals surface area (Å²) in [6.45, 7) is 1.14. The smallest absolute Gasteiger partial charge is 0.303 e. The number of terminal acetylenes is 1. The third-order valence-electron chi connectivity index (χ3n) is 5.35. The molecule has 2 aromatic rings. The van der Waals surface area contributed by atoms with E-state index in [4.69, 9.17) is 11.2 Å². The van der Waals surface area contributed by atoms with Crippen molar-refractivity contribution in [3.05, 3.63) is 57.6 Å². The van der Waals surface area contributed by atoms with Gasteiger partial charge in [0.2, 0.25) is 0 Å². The number of rotatable bonds is 1. The molecular weight excluding hydrogens is 376 g/mol. The Kier molecular flexibility index (Phi) is 4.00. The summed E-state index contributed by atoms with van der Waals surface area (Å²) in [6.07, 6.45) is 3.70. The molecule has 3 N–H and O–H groups in total. The summed E-state index contributed by atoms with van der Waals surface area (Å²) in [6, 6.07) is 6.07. The first-order valence-corrected chi connectivity index (χ1v) is 8.85. The lowest BCUT2D eigenvalue weighted by molar-refractivity contribution is -0.149. The van der Waals surface area contributed by atoms with E-state index in [1.807, 2.05) is 0 Å². The molecule has 0 bridgehead atoms. The third kappa shape index (κ3) is 2.61. The van der Waals surface area contributed by atoms with Crippen molar-refractivity contribution < 1.29 is 34.4 Å². The number of phenols is 2. The minimum Gasteiger partial charge on any atom is -0.507 e. The van der Waals surface area contributed by atoms with Crippen LogP contribution in [0.3, 0.4) is 0 Å². The van der Waals surface area contributed by atoms with E-state index in [9.17, 15) is 29.7 Å². The summed E-state index contributed by atoms with van der Waals surface area (Å²) in [5.74, 6) is -0.892. The zero-order valence-corrected chi connectivity index (χ0v) is 15.4. The second-order valence-electron chi connectivity index (χ2n) is 7.20. The number of hydrogen-bond donors (Lipinski definition) is 3. The lowest BCUT2D eigenvalue weighted by atomic mass is 9.73. The molecule has 0 aliphatic heterocycles. The number of hydrogen-bond acceptors (Lipinski definition) is 7. The standard InChI is InChI=1S/C22H16O7/c1-3-22(28)8-13-15(14(9-22)29-10(2)23)21(27)17-16(20(13)26)18(24)11-6-4-5-7-12(11)19(17)25/h1,4-7,14,26-28H,8-9H2,2H3/t14-,22+/m1/s1. The summed E-state index contributed by atoms with van der Waals surface area (Å²) in [4.78, 5) is 37.6. The van der Waals surface area contributed by atoms with Gasteiger partial charge in [-0.15, -0.1) is 6.42 Å². The van der Waals surface area contributed by atoms with Crippen LogP contribution in [0.5, 0.6) is 11.5 Å². The molecule has 0 amide bonds. The number of esters is 1. The van der Waals surface area contributed by atoms with Gasteiger partial charge in [0.25, 0.3) is 0 Å². The highest BCUT2D eigenvalue weighted by molar-refractivity contribution is 6.30. The fourth-order valence-electron chi connectivity index (χ4n) is 4.09. The lowest BCUT2D eigenvalue weighted by Gasteiger charge is -2.36. The molecule has 0 saturated heterocycles. The normalized spacial score (nSPS) is 22.2. The van der Waals surface area contributed by atoms with Crippen molar-refractivity contribution in [1.29, 1.82) is 0 Å². The molecule has 0 fully saturated rings. The van der Waals surface area contributed by atoms with Crippen LogP contribution in [0.1, 0.15) is 62.4 Å². The van der Waals surface area contributed by atoms with Gasteiger partial charge < -0.3 is 20.1 Å². The molecular formula is C22H16O7. The number of benzene rings is 2. The number of ether oxygens (including phenoxy) is 1. The van der Waals surface area contributed by atoms with Crippen molar-refractivity contribution in [1.82, 2.24) is 0 Å². The molecule has 2 aliphatic carbocycles. The molecule has 7 nitrogen and oxygen atoms in total. The second kappa shape index (κ2) is 6.19. The van der Waals surface area contributed by atoms with Gasteiger partial charge in [-0.2, -0.15) is 0 Å². The summed E-state index contributed by atoms with van der Waals surface area (Å²) in [5, 5.41) is 32.5. The number of fused-ring (bicyclic) bond motifs is 3. The molecule has 4 rings (SSSR count). The van der Waals surface area contributed by atoms with Crippen LogP contribution in [0.4, 0.5) is 0 Å². The first-order chi connectivity index (χ1) is 13.7. The number of aromatic hydroxyl groups is 2. The van der Waals surface area contributed by atoms with Crippen LogP contribution in [0.25, 0.3) is 0 Å². The first-order valence-electron chi connectivity index (χ1n) is 8.85. The number of ketones is 2. The van der Waals surface area contributed by atoms with Crippen molar-refractivity contribution in [2.75, 3.05) is 0 Å². The molecule has 146 valence electrons. The number of carbonyl (C=O) groups excluding carboxylic acids is 3. The van der Waals surface area contributed by atoms with Crippen LogP contribution in [0, 0.1) is 12.3 Å². The van der Waals surface area contributed by atoms with Gasteiger partial charge in [0.15, 0.2) is 11.6 Å². The summed E-state index contributed by atoms with van der Waals surface area (Å²) < 4.78 is 5.21. The minimum atomic E-state index is -1.77. The van der Waals surface area contributed by atoms with Gasteiger partial charge in [-0.3, -0.25) is 14.4 Å². The van der Waals surface area contributed by atoms with Gasteiger partial charge in [0.05, 0.1) is 11.1 Å². The van der Waals surface area contributed by atoms with E-state index in [0.717, 1.165) is 6.92 Å². The summed E-state index contributed by atoms with van der Waals surface area (Å²) >= 11 is 0. The maximum atomic E-state index is 13.0. The monoisotopic (exact) mass is 392 g/mol. The van der Waals surface area contributed by atoms with Gasteiger partial charge in [-0.1, -0.05) is 30.2 Å². The number of aliphatic hydroxyl groups is 1. The van der Waals surface area contributed by atoms with Gasteiger partial charge in [0.1, 0.15) is 23.2 Å². The first kappa shape index (κ1) is 18.7. The molecule has 0 aromatic heterocycles. The third-order valence-corrected chi connectivity index (χ3v) is 5.35. The Morgan fingerprint density at radius 2 is 1.69 bits per heavy atom. The van der Waals surface area contributed by atoms with Crippen LogP contribution >= 0.6 is 0 Å². The Hall–Kier alpha value is -3.63. The predicted octanol–water partition coefficient (Wildman–Crippen LogP) is 1.79. The van der Waals surface area contributed by atoms with Crippen molar-refractivity contribution >= 4 is 17.5 Å². The van der Waals surface area contributed by atoms with Crippen molar-refractivity contribution in [3.8, 4) is 23.8 Å². The van der Waals surface area contributed by atoms with Gasteiger partial charge in [0, 0.05) is 42.0 Å². The highest BCUT2D eigenvalue weighted by atomic mass is 16.5. The maximum absolute atomic E-state index is 13.0. The van der Waals surface area contributed by atoms with E-state index in [1.54, 1.807) is 12.1 Å². The molecule has 0 heterocycles. The Balaban J connectivity index is 2.04. The molecule has 29 heavy (non-hydrogen) atoms. The molecule has 0 unspecified atom stereocenters. The quantitative estimate of drug-likeness (QED) is 0.328. The molecule has 2 aliphatic rings. The zero-order valence-electron chi connectivity index (χ0n) is 15.4. The van der Waals surface area contributed by atoms with Crippen molar-refractivity contribution in [3.63, 3.8) is 0 Å². The van der Waals surface area contributed by atoms with E-state index in [2.05, 4.69) is 5.92 Å². The van der Waals surface area contributed by atoms with Crippen LogP contribution in [-0.4, -0.2) is 38.5 Å². The molecule has 0 saturated carbocycles. The van der Waals surface area contributed by atoms with Crippen LogP contribution < -0.4 is 0 Å². The number of carbonyl (C=O) groups is 3. The average molecular weight is 392 g/mol. The maximum Gasteiger partial charge on any atom is 0.303 e. The largest absolute Gasteiger partial charge is 0.507 e. The topological polar surface area (TPSA) is 121 Å². The molecule has 7 heteroatoms. The fraction of sp³-hybridized carbons (Fsp3) is 0.227. The van der Waals surface area contributed by atoms with Crippen LogP contribution in [0.15, 0.2) is 24.3 Å². The highest BCUT2D eigenvalue weighted by Crippen LogP contribution is 2.51. The minimum absolute atomic E-state index is 0.0280. The van der Waals surface area contributed by atoms with Gasteiger partial charge in [-0.05, 0) is 0 Å². The predicted molar refractivity (Wildman–Crippen MR) is 99.7 cm³/mol. The van der Waals surface area contributed by atoms with Crippen LogP contribution in [0.2, 0.25) is 0 Å². The lowest BCUT2D eigenvalue weighted by Crippen LogP contribution is -2.38. The molecule has 2 atom stereocenters. The van der Waals surface area contributed by atoms with Gasteiger partial charge >= 0.3 is 5.97 Å². The van der Waals surface area contributed by atoms with E-state index in [1.165, 1.54) is 12.1 Å². The zero-order chi connectivity index (χ0) is 21.1. The molecule has 0 radical (unpaired) electrons. The van der Waals surface area contributed by atoms with E-state index in [-0.39, 0.29) is 46.2 Å². The summed E-state index contributed by atoms with van der Waals surface area (Å²) in [5.41, 5.74) is -2.35. The van der Waals surface area contributed by atoms with Gasteiger partial charge in [-0.25, -0.2) is 0 Å². The Morgan fingerprint density at radius 1 is 1.14 bits per heavy atom. The van der Waals surface area contributed by atoms with E-state index >= 15 is 0 Å². The Morgan fingerprint density at radius 3 is 2.21 bits per heavy atom. The van der Waals surface area contributed by atoms with E-state index in [0.29, 0.717) is 0 Å². The van der Waals surface area contributed by atoms with E-state index < -0.39 is 40.7 Å².